The Bertz CT molecular complexity index is 338. The molecule has 3 nitrogen and oxygen atoms in total. The van der Waals surface area contributed by atoms with Gasteiger partial charge in [0.1, 0.15) is 11.8 Å². The van der Waals surface area contributed by atoms with Crippen LogP contribution < -0.4 is 10.1 Å². The van der Waals surface area contributed by atoms with Gasteiger partial charge in [-0.25, -0.2) is 0 Å². The Hall–Kier alpha value is -1.43. The van der Waals surface area contributed by atoms with E-state index in [1.54, 1.807) is 12.1 Å². The van der Waals surface area contributed by atoms with Crippen molar-refractivity contribution >= 4 is 5.69 Å². The summed E-state index contributed by atoms with van der Waals surface area (Å²) in [7, 11) is 1.48. The molecule has 0 aliphatic carbocycles. The van der Waals surface area contributed by atoms with Gasteiger partial charge in [0.2, 0.25) is 0 Å². The van der Waals surface area contributed by atoms with E-state index in [0.717, 1.165) is 0 Å². The molecule has 0 unspecified atom stereocenters. The molecular formula is C11H14F3NO2. The third kappa shape index (κ3) is 4.14. The summed E-state index contributed by atoms with van der Waals surface area (Å²) in [5.41, 5.74) is 0.335. The zero-order valence-corrected chi connectivity index (χ0v) is 9.29. The number of anilines is 1. The standard InChI is InChI=1S/C11H14F3NO2/c1-17-9-4-2-8(3-5-9)15-10(6-7-16)11(12,13)14/h2-5,10,15-16H,6-7H2,1H3/t10-/m1/s1. The Kier molecular flexibility index (Phi) is 4.62. The molecular weight excluding hydrogens is 235 g/mol. The summed E-state index contributed by atoms with van der Waals surface area (Å²) in [4.78, 5) is 0. The third-order valence-corrected chi connectivity index (χ3v) is 2.24. The number of rotatable bonds is 5. The Balaban J connectivity index is 2.72. The highest BCUT2D eigenvalue weighted by Crippen LogP contribution is 2.26. The molecule has 17 heavy (non-hydrogen) atoms. The zero-order valence-electron chi connectivity index (χ0n) is 9.29. The molecule has 0 aliphatic rings. The molecule has 0 aromatic heterocycles. The van der Waals surface area contributed by atoms with Crippen LogP contribution in [0.2, 0.25) is 0 Å². The van der Waals surface area contributed by atoms with Crippen LogP contribution in [0, 0.1) is 0 Å². The molecule has 1 rings (SSSR count). The largest absolute Gasteiger partial charge is 0.497 e. The van der Waals surface area contributed by atoms with Gasteiger partial charge in [0.25, 0.3) is 0 Å². The minimum Gasteiger partial charge on any atom is -0.497 e. The summed E-state index contributed by atoms with van der Waals surface area (Å²) in [6, 6.07) is 4.37. The second-order valence-electron chi connectivity index (χ2n) is 3.48. The van der Waals surface area contributed by atoms with E-state index in [1.807, 2.05) is 0 Å². The molecule has 0 bridgehead atoms. The SMILES string of the molecule is COc1ccc(N[C@H](CCO)C(F)(F)F)cc1. The van der Waals surface area contributed by atoms with E-state index in [2.05, 4.69) is 5.32 Å². The van der Waals surface area contributed by atoms with E-state index in [-0.39, 0.29) is 6.42 Å². The number of hydrogen-bond acceptors (Lipinski definition) is 3. The first kappa shape index (κ1) is 13.6. The van der Waals surface area contributed by atoms with Crippen molar-refractivity contribution in [3.8, 4) is 5.75 Å². The molecule has 6 heteroatoms. The normalized spacial score (nSPS) is 13.2. The van der Waals surface area contributed by atoms with Gasteiger partial charge in [-0.3, -0.25) is 0 Å². The monoisotopic (exact) mass is 249 g/mol. The van der Waals surface area contributed by atoms with Gasteiger partial charge in [0, 0.05) is 12.3 Å². The average molecular weight is 249 g/mol. The maximum Gasteiger partial charge on any atom is 0.408 e. The maximum atomic E-state index is 12.5. The first-order valence-corrected chi connectivity index (χ1v) is 5.05. The lowest BCUT2D eigenvalue weighted by Gasteiger charge is -2.21. The van der Waals surface area contributed by atoms with E-state index in [4.69, 9.17) is 9.84 Å². The van der Waals surface area contributed by atoms with Crippen molar-refractivity contribution in [2.45, 2.75) is 18.6 Å². The lowest BCUT2D eigenvalue weighted by Crippen LogP contribution is -2.36. The van der Waals surface area contributed by atoms with Crippen molar-refractivity contribution in [1.82, 2.24) is 0 Å². The van der Waals surface area contributed by atoms with E-state index >= 15 is 0 Å². The van der Waals surface area contributed by atoms with Gasteiger partial charge in [-0.1, -0.05) is 0 Å². The maximum absolute atomic E-state index is 12.5. The Morgan fingerprint density at radius 1 is 1.29 bits per heavy atom. The molecule has 1 atom stereocenters. The second kappa shape index (κ2) is 5.77. The molecule has 0 aliphatic heterocycles. The molecule has 96 valence electrons. The number of methoxy groups -OCH3 is 1. The highest BCUT2D eigenvalue weighted by atomic mass is 19.4. The van der Waals surface area contributed by atoms with Gasteiger partial charge >= 0.3 is 6.18 Å². The summed E-state index contributed by atoms with van der Waals surface area (Å²) in [5, 5.41) is 10.9. The predicted molar refractivity (Wildman–Crippen MR) is 58.2 cm³/mol. The van der Waals surface area contributed by atoms with Crippen LogP contribution in [0.15, 0.2) is 24.3 Å². The molecule has 1 aromatic rings. The van der Waals surface area contributed by atoms with Gasteiger partial charge in [-0.2, -0.15) is 13.2 Å². The van der Waals surface area contributed by atoms with Crippen LogP contribution in [0.4, 0.5) is 18.9 Å². The van der Waals surface area contributed by atoms with Crippen molar-refractivity contribution in [2.75, 3.05) is 19.0 Å². The smallest absolute Gasteiger partial charge is 0.408 e. The quantitative estimate of drug-likeness (QED) is 0.842. The molecule has 0 radical (unpaired) electrons. The summed E-state index contributed by atoms with van der Waals surface area (Å²) in [6.07, 6.45) is -4.77. The summed E-state index contributed by atoms with van der Waals surface area (Å²) in [6.45, 7) is -0.521. The van der Waals surface area contributed by atoms with Crippen LogP contribution in [0.3, 0.4) is 0 Å². The lowest BCUT2D eigenvalue weighted by atomic mass is 10.2. The molecule has 0 saturated carbocycles. The number of hydrogen-bond donors (Lipinski definition) is 2. The molecule has 1 aromatic carbocycles. The second-order valence-corrected chi connectivity index (χ2v) is 3.48. The summed E-state index contributed by atoms with van der Waals surface area (Å²) < 4.78 is 42.5. The van der Waals surface area contributed by atoms with Crippen LogP contribution in [0.5, 0.6) is 5.75 Å². The summed E-state index contributed by atoms with van der Waals surface area (Å²) in [5.74, 6) is 0.571. The Labute approximate surface area is 97.2 Å². The Morgan fingerprint density at radius 3 is 2.29 bits per heavy atom. The first-order valence-electron chi connectivity index (χ1n) is 5.05. The van der Waals surface area contributed by atoms with Crippen LogP contribution in [0.25, 0.3) is 0 Å². The molecule has 0 spiro atoms. The molecule has 2 N–H and O–H groups in total. The van der Waals surface area contributed by atoms with E-state index in [9.17, 15) is 13.2 Å². The molecule has 0 amide bonds. The number of aliphatic hydroxyl groups is 1. The third-order valence-electron chi connectivity index (χ3n) is 2.24. The fraction of sp³-hybridized carbons (Fsp3) is 0.455. The number of ether oxygens (including phenoxy) is 1. The van der Waals surface area contributed by atoms with Crippen molar-refractivity contribution in [3.05, 3.63) is 24.3 Å². The minimum absolute atomic E-state index is 0.335. The van der Waals surface area contributed by atoms with Crippen LogP contribution in [-0.2, 0) is 0 Å². The van der Waals surface area contributed by atoms with Crippen molar-refractivity contribution in [2.24, 2.45) is 0 Å². The van der Waals surface area contributed by atoms with Gasteiger partial charge in [-0.05, 0) is 30.7 Å². The van der Waals surface area contributed by atoms with Crippen LogP contribution >= 0.6 is 0 Å². The number of nitrogens with one attached hydrogen (secondary N) is 1. The summed E-state index contributed by atoms with van der Waals surface area (Å²) >= 11 is 0. The van der Waals surface area contributed by atoms with Crippen molar-refractivity contribution in [3.63, 3.8) is 0 Å². The highest BCUT2D eigenvalue weighted by molar-refractivity contribution is 5.47. The lowest BCUT2D eigenvalue weighted by molar-refractivity contribution is -0.145. The predicted octanol–water partition coefficient (Wildman–Crippen LogP) is 2.42. The van der Waals surface area contributed by atoms with Crippen molar-refractivity contribution < 1.29 is 23.0 Å². The fourth-order valence-corrected chi connectivity index (χ4v) is 1.34. The Morgan fingerprint density at radius 2 is 1.88 bits per heavy atom. The van der Waals surface area contributed by atoms with Crippen LogP contribution in [-0.4, -0.2) is 31.0 Å². The molecule has 0 saturated heterocycles. The highest BCUT2D eigenvalue weighted by Gasteiger charge is 2.39. The van der Waals surface area contributed by atoms with E-state index in [0.29, 0.717) is 11.4 Å². The minimum atomic E-state index is -4.39. The van der Waals surface area contributed by atoms with Crippen molar-refractivity contribution in [1.29, 1.82) is 0 Å². The van der Waals surface area contributed by atoms with Gasteiger partial charge in [0.05, 0.1) is 7.11 Å². The van der Waals surface area contributed by atoms with Gasteiger partial charge < -0.3 is 15.2 Å². The molecule has 0 fully saturated rings. The number of benzene rings is 1. The van der Waals surface area contributed by atoms with Gasteiger partial charge in [-0.15, -0.1) is 0 Å². The van der Waals surface area contributed by atoms with E-state index < -0.39 is 18.8 Å². The fourth-order valence-electron chi connectivity index (χ4n) is 1.34. The molecule has 0 heterocycles. The van der Waals surface area contributed by atoms with Crippen LogP contribution in [0.1, 0.15) is 6.42 Å². The van der Waals surface area contributed by atoms with E-state index in [1.165, 1.54) is 19.2 Å². The number of aliphatic hydroxyl groups excluding tert-OH is 1. The average Bonchev–Trinajstić information content (AvgIpc) is 2.28. The zero-order chi connectivity index (χ0) is 12.9. The topological polar surface area (TPSA) is 41.5 Å². The first-order chi connectivity index (χ1) is 7.97. The van der Waals surface area contributed by atoms with Gasteiger partial charge in [0.15, 0.2) is 0 Å². The number of alkyl halides is 3. The number of halogens is 3.